The highest BCUT2D eigenvalue weighted by Crippen LogP contribution is 2.17. The Kier molecular flexibility index (Phi) is 3.97. The summed E-state index contributed by atoms with van der Waals surface area (Å²) in [4.78, 5) is 6.55. The Hall–Kier alpha value is -1.84. The molecule has 1 heterocycles. The zero-order valence-corrected chi connectivity index (χ0v) is 11.2. The minimum Gasteiger partial charge on any atom is -0.362 e. The van der Waals surface area contributed by atoms with Gasteiger partial charge < -0.3 is 9.42 Å². The van der Waals surface area contributed by atoms with Crippen LogP contribution in [0.5, 0.6) is 0 Å². The number of nitrogens with zero attached hydrogens (tertiary/aromatic N) is 3. The van der Waals surface area contributed by atoms with Crippen LogP contribution in [-0.4, -0.2) is 16.7 Å². The Morgan fingerprint density at radius 1 is 1.17 bits per heavy atom. The van der Waals surface area contributed by atoms with Crippen molar-refractivity contribution in [3.05, 3.63) is 41.5 Å². The van der Waals surface area contributed by atoms with Gasteiger partial charge in [-0.1, -0.05) is 29.8 Å². The van der Waals surface area contributed by atoms with Gasteiger partial charge in [-0.05, 0) is 26.0 Å². The van der Waals surface area contributed by atoms with Crippen LogP contribution in [-0.2, 0) is 13.0 Å². The van der Waals surface area contributed by atoms with Crippen molar-refractivity contribution >= 4 is 5.69 Å². The maximum atomic E-state index is 5.23. The summed E-state index contributed by atoms with van der Waals surface area (Å²) in [6.07, 6.45) is 0.806. The van der Waals surface area contributed by atoms with Crippen LogP contribution in [0.15, 0.2) is 28.8 Å². The molecule has 0 N–H and O–H groups in total. The van der Waals surface area contributed by atoms with Gasteiger partial charge in [0.2, 0.25) is 5.89 Å². The highest BCUT2D eigenvalue weighted by Gasteiger charge is 2.10. The van der Waals surface area contributed by atoms with E-state index in [4.69, 9.17) is 4.52 Å². The second-order valence-corrected chi connectivity index (χ2v) is 4.31. The van der Waals surface area contributed by atoms with Gasteiger partial charge in [0, 0.05) is 18.7 Å². The third-order valence-corrected chi connectivity index (χ3v) is 2.93. The highest BCUT2D eigenvalue weighted by atomic mass is 16.5. The monoisotopic (exact) mass is 245 g/mol. The van der Waals surface area contributed by atoms with E-state index in [-0.39, 0.29) is 0 Å². The van der Waals surface area contributed by atoms with Crippen LogP contribution in [0.3, 0.4) is 0 Å². The third kappa shape index (κ3) is 2.88. The van der Waals surface area contributed by atoms with Crippen molar-refractivity contribution in [2.45, 2.75) is 33.7 Å². The van der Waals surface area contributed by atoms with Crippen molar-refractivity contribution in [2.24, 2.45) is 0 Å². The second kappa shape index (κ2) is 5.67. The maximum Gasteiger partial charge on any atom is 0.246 e. The molecule has 0 bridgehead atoms. The first kappa shape index (κ1) is 12.6. The van der Waals surface area contributed by atoms with Gasteiger partial charge in [-0.3, -0.25) is 0 Å². The Balaban J connectivity index is 2.11. The van der Waals surface area contributed by atoms with Crippen molar-refractivity contribution in [2.75, 3.05) is 11.4 Å². The Bertz CT molecular complexity index is 490. The number of aryl methyl sites for hydroxylation is 2. The van der Waals surface area contributed by atoms with Crippen LogP contribution >= 0.6 is 0 Å². The lowest BCUT2D eigenvalue weighted by molar-refractivity contribution is 0.371. The van der Waals surface area contributed by atoms with E-state index in [2.05, 4.69) is 53.2 Å². The summed E-state index contributed by atoms with van der Waals surface area (Å²) in [5.74, 6) is 1.44. The molecule has 96 valence electrons. The first-order chi connectivity index (χ1) is 8.72. The van der Waals surface area contributed by atoms with Gasteiger partial charge in [-0.15, -0.1) is 0 Å². The quantitative estimate of drug-likeness (QED) is 0.812. The second-order valence-electron chi connectivity index (χ2n) is 4.31. The van der Waals surface area contributed by atoms with E-state index in [0.29, 0.717) is 12.4 Å². The fourth-order valence-corrected chi connectivity index (χ4v) is 1.80. The minimum absolute atomic E-state index is 0.659. The van der Waals surface area contributed by atoms with Crippen molar-refractivity contribution < 1.29 is 4.52 Å². The van der Waals surface area contributed by atoms with E-state index >= 15 is 0 Å². The van der Waals surface area contributed by atoms with E-state index in [1.54, 1.807) is 0 Å². The Labute approximate surface area is 108 Å². The normalized spacial score (nSPS) is 10.6. The topological polar surface area (TPSA) is 42.2 Å². The first-order valence-corrected chi connectivity index (χ1v) is 6.36. The van der Waals surface area contributed by atoms with E-state index in [1.165, 1.54) is 11.3 Å². The largest absolute Gasteiger partial charge is 0.362 e. The molecule has 4 nitrogen and oxygen atoms in total. The molecule has 0 aliphatic rings. The highest BCUT2D eigenvalue weighted by molar-refractivity contribution is 5.47. The standard InChI is InChI=1S/C14H19N3O/c1-4-13-15-14(18-16-13)10-17(5-2)12-8-6-11(3)7-9-12/h6-9H,4-5,10H2,1-3H3. The van der Waals surface area contributed by atoms with E-state index in [1.807, 2.05) is 6.92 Å². The number of rotatable bonds is 5. The van der Waals surface area contributed by atoms with Crippen LogP contribution in [0.25, 0.3) is 0 Å². The summed E-state index contributed by atoms with van der Waals surface area (Å²) in [6.45, 7) is 7.80. The molecule has 0 atom stereocenters. The van der Waals surface area contributed by atoms with Gasteiger partial charge in [-0.25, -0.2) is 0 Å². The SMILES string of the molecule is CCc1noc(CN(CC)c2ccc(C)cc2)n1. The zero-order valence-electron chi connectivity index (χ0n) is 11.2. The number of benzene rings is 1. The molecule has 0 amide bonds. The van der Waals surface area contributed by atoms with E-state index in [0.717, 1.165) is 18.8 Å². The predicted molar refractivity (Wildman–Crippen MR) is 71.6 cm³/mol. The average molecular weight is 245 g/mol. The van der Waals surface area contributed by atoms with Crippen molar-refractivity contribution in [3.63, 3.8) is 0 Å². The summed E-state index contributed by atoms with van der Waals surface area (Å²) >= 11 is 0. The third-order valence-electron chi connectivity index (χ3n) is 2.93. The lowest BCUT2D eigenvalue weighted by atomic mass is 10.2. The molecule has 0 spiro atoms. The molecular weight excluding hydrogens is 226 g/mol. The molecule has 0 aliphatic carbocycles. The number of aromatic nitrogens is 2. The lowest BCUT2D eigenvalue weighted by Gasteiger charge is -2.21. The van der Waals surface area contributed by atoms with Crippen LogP contribution in [0, 0.1) is 6.92 Å². The molecular formula is C14H19N3O. The minimum atomic E-state index is 0.659. The molecule has 0 saturated heterocycles. The Morgan fingerprint density at radius 3 is 2.44 bits per heavy atom. The van der Waals surface area contributed by atoms with Crippen LogP contribution in [0.4, 0.5) is 5.69 Å². The van der Waals surface area contributed by atoms with Gasteiger partial charge in [0.05, 0.1) is 6.54 Å². The van der Waals surface area contributed by atoms with Crippen LogP contribution in [0.2, 0.25) is 0 Å². The van der Waals surface area contributed by atoms with Gasteiger partial charge >= 0.3 is 0 Å². The smallest absolute Gasteiger partial charge is 0.246 e. The first-order valence-electron chi connectivity index (χ1n) is 6.36. The Morgan fingerprint density at radius 2 is 1.89 bits per heavy atom. The molecule has 4 heteroatoms. The van der Waals surface area contributed by atoms with Gasteiger partial charge in [0.1, 0.15) is 0 Å². The van der Waals surface area contributed by atoms with E-state index in [9.17, 15) is 0 Å². The molecule has 0 radical (unpaired) electrons. The lowest BCUT2D eigenvalue weighted by Crippen LogP contribution is -2.22. The summed E-state index contributed by atoms with van der Waals surface area (Å²) in [5, 5.41) is 3.92. The summed E-state index contributed by atoms with van der Waals surface area (Å²) < 4.78 is 5.23. The fraction of sp³-hybridized carbons (Fsp3) is 0.429. The van der Waals surface area contributed by atoms with Crippen molar-refractivity contribution in [3.8, 4) is 0 Å². The molecule has 0 aliphatic heterocycles. The fourth-order valence-electron chi connectivity index (χ4n) is 1.80. The zero-order chi connectivity index (χ0) is 13.0. The number of hydrogen-bond donors (Lipinski definition) is 0. The van der Waals surface area contributed by atoms with Crippen LogP contribution in [0.1, 0.15) is 31.1 Å². The van der Waals surface area contributed by atoms with Crippen molar-refractivity contribution in [1.29, 1.82) is 0 Å². The molecule has 1 aromatic heterocycles. The predicted octanol–water partition coefficient (Wildman–Crippen LogP) is 2.97. The van der Waals surface area contributed by atoms with Gasteiger partial charge in [0.25, 0.3) is 0 Å². The van der Waals surface area contributed by atoms with E-state index < -0.39 is 0 Å². The number of anilines is 1. The molecule has 0 fully saturated rings. The van der Waals surface area contributed by atoms with Gasteiger partial charge in [0.15, 0.2) is 5.82 Å². The molecule has 0 saturated carbocycles. The summed E-state index contributed by atoms with van der Waals surface area (Å²) in [6, 6.07) is 8.47. The van der Waals surface area contributed by atoms with Crippen molar-refractivity contribution in [1.82, 2.24) is 10.1 Å². The van der Waals surface area contributed by atoms with Crippen LogP contribution < -0.4 is 4.90 Å². The molecule has 2 aromatic rings. The summed E-state index contributed by atoms with van der Waals surface area (Å²) in [5.41, 5.74) is 2.44. The molecule has 0 unspecified atom stereocenters. The molecule has 1 aromatic carbocycles. The average Bonchev–Trinajstić information content (AvgIpc) is 2.85. The summed E-state index contributed by atoms with van der Waals surface area (Å²) in [7, 11) is 0. The molecule has 18 heavy (non-hydrogen) atoms. The van der Waals surface area contributed by atoms with Gasteiger partial charge in [-0.2, -0.15) is 4.98 Å². The molecule has 2 rings (SSSR count). The number of hydrogen-bond acceptors (Lipinski definition) is 4. The maximum absolute atomic E-state index is 5.23.